The SMILES string of the molecule is COc1cc(C)c(F)c(C(C)(C)O)c1. The summed E-state index contributed by atoms with van der Waals surface area (Å²) in [5.74, 6) is 0.180. The largest absolute Gasteiger partial charge is 0.497 e. The second-order valence-corrected chi connectivity index (χ2v) is 3.86. The molecule has 0 amide bonds. The van der Waals surface area contributed by atoms with Gasteiger partial charge in [0.15, 0.2) is 0 Å². The van der Waals surface area contributed by atoms with Gasteiger partial charge in [0.05, 0.1) is 12.7 Å². The Hall–Kier alpha value is -1.09. The minimum absolute atomic E-state index is 0.259. The molecule has 0 unspecified atom stereocenters. The molecule has 1 N–H and O–H groups in total. The standard InChI is InChI=1S/C11H15FO2/c1-7-5-8(14-4)6-9(10(7)12)11(2,3)13/h5-6,13H,1-4H3. The van der Waals surface area contributed by atoms with E-state index in [1.807, 2.05) is 0 Å². The van der Waals surface area contributed by atoms with Gasteiger partial charge in [-0.25, -0.2) is 4.39 Å². The zero-order valence-electron chi connectivity index (χ0n) is 8.89. The Labute approximate surface area is 83.3 Å². The number of aryl methyl sites for hydroxylation is 1. The van der Waals surface area contributed by atoms with Crippen molar-refractivity contribution in [1.82, 2.24) is 0 Å². The molecule has 3 heteroatoms. The van der Waals surface area contributed by atoms with Crippen molar-refractivity contribution in [2.45, 2.75) is 26.4 Å². The zero-order valence-corrected chi connectivity index (χ0v) is 8.89. The van der Waals surface area contributed by atoms with Crippen molar-refractivity contribution in [3.63, 3.8) is 0 Å². The third-order valence-corrected chi connectivity index (χ3v) is 2.12. The number of methoxy groups -OCH3 is 1. The molecule has 1 aromatic carbocycles. The van der Waals surface area contributed by atoms with Gasteiger partial charge in [-0.2, -0.15) is 0 Å². The number of benzene rings is 1. The first-order valence-corrected chi connectivity index (χ1v) is 4.43. The van der Waals surface area contributed by atoms with E-state index in [0.717, 1.165) is 0 Å². The predicted molar refractivity (Wildman–Crippen MR) is 52.9 cm³/mol. The van der Waals surface area contributed by atoms with E-state index in [1.165, 1.54) is 13.2 Å². The summed E-state index contributed by atoms with van der Waals surface area (Å²) >= 11 is 0. The Morgan fingerprint density at radius 1 is 1.36 bits per heavy atom. The van der Waals surface area contributed by atoms with E-state index < -0.39 is 5.60 Å². The van der Waals surface area contributed by atoms with Crippen LogP contribution in [0.5, 0.6) is 5.75 Å². The fourth-order valence-electron chi connectivity index (χ4n) is 1.30. The van der Waals surface area contributed by atoms with Crippen LogP contribution in [0.2, 0.25) is 0 Å². The van der Waals surface area contributed by atoms with Crippen LogP contribution in [0.15, 0.2) is 12.1 Å². The van der Waals surface area contributed by atoms with Crippen LogP contribution in [0.3, 0.4) is 0 Å². The third kappa shape index (κ3) is 2.04. The predicted octanol–water partition coefficient (Wildman–Crippen LogP) is 2.37. The van der Waals surface area contributed by atoms with Crippen molar-refractivity contribution < 1.29 is 14.2 Å². The highest BCUT2D eigenvalue weighted by Gasteiger charge is 2.22. The second kappa shape index (κ2) is 3.58. The second-order valence-electron chi connectivity index (χ2n) is 3.86. The molecule has 0 aromatic heterocycles. The van der Waals surface area contributed by atoms with Crippen LogP contribution in [-0.2, 0) is 5.60 Å². The molecule has 78 valence electrons. The molecule has 1 rings (SSSR count). The Balaban J connectivity index is 3.35. The number of rotatable bonds is 2. The topological polar surface area (TPSA) is 29.5 Å². The minimum atomic E-state index is -1.19. The molecule has 1 aromatic rings. The van der Waals surface area contributed by atoms with Crippen LogP contribution in [0.1, 0.15) is 25.0 Å². The van der Waals surface area contributed by atoms with Crippen LogP contribution in [-0.4, -0.2) is 12.2 Å². The lowest BCUT2D eigenvalue weighted by Gasteiger charge is -2.20. The average Bonchev–Trinajstić information content (AvgIpc) is 2.07. The van der Waals surface area contributed by atoms with Crippen molar-refractivity contribution in [2.24, 2.45) is 0 Å². The van der Waals surface area contributed by atoms with Gasteiger partial charge in [-0.05, 0) is 38.5 Å². The van der Waals surface area contributed by atoms with E-state index in [4.69, 9.17) is 4.74 Å². The monoisotopic (exact) mass is 198 g/mol. The molecule has 0 radical (unpaired) electrons. The lowest BCUT2D eigenvalue weighted by molar-refractivity contribution is 0.0741. The first-order valence-electron chi connectivity index (χ1n) is 4.43. The molecule has 14 heavy (non-hydrogen) atoms. The van der Waals surface area contributed by atoms with Gasteiger partial charge in [-0.15, -0.1) is 0 Å². The molecule has 0 fully saturated rings. The number of aliphatic hydroxyl groups is 1. The van der Waals surface area contributed by atoms with Gasteiger partial charge in [0.1, 0.15) is 11.6 Å². The van der Waals surface area contributed by atoms with Gasteiger partial charge in [-0.3, -0.25) is 0 Å². The van der Waals surface area contributed by atoms with Crippen LogP contribution < -0.4 is 4.74 Å². The maximum absolute atomic E-state index is 13.6. The average molecular weight is 198 g/mol. The van der Waals surface area contributed by atoms with E-state index >= 15 is 0 Å². The van der Waals surface area contributed by atoms with E-state index in [9.17, 15) is 9.50 Å². The molecule has 0 spiro atoms. The minimum Gasteiger partial charge on any atom is -0.497 e. The number of hydrogen-bond acceptors (Lipinski definition) is 2. The Kier molecular flexibility index (Phi) is 2.81. The fraction of sp³-hybridized carbons (Fsp3) is 0.455. The third-order valence-electron chi connectivity index (χ3n) is 2.12. The van der Waals surface area contributed by atoms with E-state index in [0.29, 0.717) is 11.3 Å². The first kappa shape index (κ1) is 11.0. The summed E-state index contributed by atoms with van der Waals surface area (Å²) in [6.07, 6.45) is 0. The van der Waals surface area contributed by atoms with Crippen molar-refractivity contribution >= 4 is 0 Å². The van der Waals surface area contributed by atoms with Crippen molar-refractivity contribution in [3.05, 3.63) is 29.1 Å². The molecule has 0 aliphatic rings. The van der Waals surface area contributed by atoms with Gasteiger partial charge in [0, 0.05) is 5.56 Å². The smallest absolute Gasteiger partial charge is 0.132 e. The summed E-state index contributed by atoms with van der Waals surface area (Å²) in [5.41, 5.74) is -0.459. The van der Waals surface area contributed by atoms with Gasteiger partial charge in [0.25, 0.3) is 0 Å². The summed E-state index contributed by atoms with van der Waals surface area (Å²) in [6, 6.07) is 3.12. The highest BCUT2D eigenvalue weighted by molar-refractivity contribution is 5.37. The zero-order chi connectivity index (χ0) is 10.9. The van der Waals surface area contributed by atoms with Crippen molar-refractivity contribution in [3.8, 4) is 5.75 Å². The van der Waals surface area contributed by atoms with Crippen molar-refractivity contribution in [1.29, 1.82) is 0 Å². The van der Waals surface area contributed by atoms with Crippen LogP contribution >= 0.6 is 0 Å². The quantitative estimate of drug-likeness (QED) is 0.790. The molecule has 0 saturated heterocycles. The summed E-state index contributed by atoms with van der Waals surface area (Å²) < 4.78 is 18.6. The molecular weight excluding hydrogens is 183 g/mol. The maximum atomic E-state index is 13.6. The Morgan fingerprint density at radius 3 is 2.36 bits per heavy atom. The van der Waals surface area contributed by atoms with Gasteiger partial charge >= 0.3 is 0 Å². The molecule has 0 bridgehead atoms. The molecule has 0 saturated carbocycles. The summed E-state index contributed by atoms with van der Waals surface area (Å²) in [5, 5.41) is 9.72. The lowest BCUT2D eigenvalue weighted by Crippen LogP contribution is -2.18. The molecular formula is C11H15FO2. The normalized spacial score (nSPS) is 11.6. The van der Waals surface area contributed by atoms with Crippen LogP contribution in [0.4, 0.5) is 4.39 Å². The molecule has 0 aliphatic heterocycles. The summed E-state index contributed by atoms with van der Waals surface area (Å²) in [7, 11) is 1.51. The molecule has 2 nitrogen and oxygen atoms in total. The lowest BCUT2D eigenvalue weighted by atomic mass is 9.95. The van der Waals surface area contributed by atoms with Gasteiger partial charge < -0.3 is 9.84 Å². The van der Waals surface area contributed by atoms with E-state index in [2.05, 4.69) is 0 Å². The fourth-order valence-corrected chi connectivity index (χ4v) is 1.30. The molecule has 0 atom stereocenters. The Morgan fingerprint density at radius 2 is 1.93 bits per heavy atom. The summed E-state index contributed by atoms with van der Waals surface area (Å²) in [6.45, 7) is 4.74. The summed E-state index contributed by atoms with van der Waals surface area (Å²) in [4.78, 5) is 0. The molecule has 0 aliphatic carbocycles. The highest BCUT2D eigenvalue weighted by atomic mass is 19.1. The van der Waals surface area contributed by atoms with Crippen LogP contribution in [0, 0.1) is 12.7 Å². The van der Waals surface area contributed by atoms with Gasteiger partial charge in [0.2, 0.25) is 0 Å². The Bertz CT molecular complexity index is 340. The number of halogens is 1. The van der Waals surface area contributed by atoms with Gasteiger partial charge in [-0.1, -0.05) is 0 Å². The number of hydrogen-bond donors (Lipinski definition) is 1. The number of ether oxygens (including phenoxy) is 1. The van der Waals surface area contributed by atoms with Crippen molar-refractivity contribution in [2.75, 3.05) is 7.11 Å². The molecule has 0 heterocycles. The first-order chi connectivity index (χ1) is 6.36. The highest BCUT2D eigenvalue weighted by Crippen LogP contribution is 2.28. The van der Waals surface area contributed by atoms with E-state index in [-0.39, 0.29) is 11.4 Å². The van der Waals surface area contributed by atoms with Crippen LogP contribution in [0.25, 0.3) is 0 Å². The maximum Gasteiger partial charge on any atom is 0.132 e. The van der Waals surface area contributed by atoms with E-state index in [1.54, 1.807) is 26.8 Å².